The van der Waals surface area contributed by atoms with Crippen LogP contribution in [-0.2, 0) is 0 Å². The highest BCUT2D eigenvalue weighted by Crippen LogP contribution is 2.31. The summed E-state index contributed by atoms with van der Waals surface area (Å²) in [5, 5.41) is 1.02. The lowest BCUT2D eigenvalue weighted by atomic mass is 10.1. The van der Waals surface area contributed by atoms with Gasteiger partial charge in [0, 0.05) is 29.7 Å². The van der Waals surface area contributed by atoms with E-state index < -0.39 is 0 Å². The topological polar surface area (TPSA) is 36.1 Å². The number of fused-ring (bicyclic) bond motifs is 1. The number of benzene rings is 1. The molecule has 3 rings (SSSR count). The molecular weight excluding hydrogens is 236 g/mol. The number of amides is 1. The standard InChI is InChI=1S/C16H20N2O/c1-11(2)18(10-12-7-8-12)16(19)14-9-17-15-6-4-3-5-13(14)15/h3-6,9,11-12,17H,7-8,10H2,1-2H3. The summed E-state index contributed by atoms with van der Waals surface area (Å²) in [6.45, 7) is 5.08. The van der Waals surface area contributed by atoms with Crippen LogP contribution in [0.25, 0.3) is 10.9 Å². The number of para-hydroxylation sites is 1. The molecule has 100 valence electrons. The van der Waals surface area contributed by atoms with Crippen LogP contribution in [0, 0.1) is 5.92 Å². The summed E-state index contributed by atoms with van der Waals surface area (Å²) in [4.78, 5) is 17.9. The zero-order chi connectivity index (χ0) is 13.4. The fourth-order valence-corrected chi connectivity index (χ4v) is 2.51. The van der Waals surface area contributed by atoms with E-state index in [-0.39, 0.29) is 11.9 Å². The van der Waals surface area contributed by atoms with Crippen LogP contribution in [-0.4, -0.2) is 28.4 Å². The largest absolute Gasteiger partial charge is 0.360 e. The van der Waals surface area contributed by atoms with Crippen molar-refractivity contribution in [2.75, 3.05) is 6.54 Å². The van der Waals surface area contributed by atoms with E-state index in [4.69, 9.17) is 0 Å². The van der Waals surface area contributed by atoms with Crippen molar-refractivity contribution in [3.8, 4) is 0 Å². The van der Waals surface area contributed by atoms with E-state index in [1.54, 1.807) is 0 Å². The SMILES string of the molecule is CC(C)N(CC1CC1)C(=O)c1c[nH]c2ccccc12. The van der Waals surface area contributed by atoms with Crippen molar-refractivity contribution in [2.45, 2.75) is 32.7 Å². The number of aromatic amines is 1. The minimum atomic E-state index is 0.152. The fourth-order valence-electron chi connectivity index (χ4n) is 2.51. The second kappa shape index (κ2) is 4.72. The van der Waals surface area contributed by atoms with E-state index in [0.717, 1.165) is 28.9 Å². The molecule has 0 saturated heterocycles. The van der Waals surface area contributed by atoms with Crippen LogP contribution in [0.2, 0.25) is 0 Å². The molecule has 0 spiro atoms. The third kappa shape index (κ3) is 2.37. The van der Waals surface area contributed by atoms with Crippen molar-refractivity contribution in [3.05, 3.63) is 36.0 Å². The molecule has 1 N–H and O–H groups in total. The molecule has 3 heteroatoms. The predicted molar refractivity (Wildman–Crippen MR) is 77.2 cm³/mol. The maximum Gasteiger partial charge on any atom is 0.256 e. The van der Waals surface area contributed by atoms with E-state index in [9.17, 15) is 4.79 Å². The molecule has 19 heavy (non-hydrogen) atoms. The van der Waals surface area contributed by atoms with Crippen LogP contribution in [0.3, 0.4) is 0 Å². The molecule has 1 saturated carbocycles. The molecular formula is C16H20N2O. The van der Waals surface area contributed by atoms with Crippen LogP contribution in [0.5, 0.6) is 0 Å². The van der Waals surface area contributed by atoms with Crippen molar-refractivity contribution in [3.63, 3.8) is 0 Å². The zero-order valence-corrected chi connectivity index (χ0v) is 11.5. The minimum absolute atomic E-state index is 0.152. The zero-order valence-electron chi connectivity index (χ0n) is 11.5. The Morgan fingerprint density at radius 3 is 2.79 bits per heavy atom. The summed E-state index contributed by atoms with van der Waals surface area (Å²) in [6.07, 6.45) is 4.38. The van der Waals surface area contributed by atoms with Crippen LogP contribution >= 0.6 is 0 Å². The van der Waals surface area contributed by atoms with E-state index in [1.807, 2.05) is 35.4 Å². The number of hydrogen-bond acceptors (Lipinski definition) is 1. The summed E-state index contributed by atoms with van der Waals surface area (Å²) in [5.74, 6) is 0.871. The molecule has 0 radical (unpaired) electrons. The lowest BCUT2D eigenvalue weighted by Crippen LogP contribution is -2.38. The normalized spacial score (nSPS) is 15.1. The van der Waals surface area contributed by atoms with Crippen molar-refractivity contribution >= 4 is 16.8 Å². The lowest BCUT2D eigenvalue weighted by molar-refractivity contribution is 0.0698. The molecule has 1 amide bonds. The number of carbonyl (C=O) groups is 1. The molecule has 3 nitrogen and oxygen atoms in total. The number of carbonyl (C=O) groups excluding carboxylic acids is 1. The Hall–Kier alpha value is -1.77. The Morgan fingerprint density at radius 1 is 1.37 bits per heavy atom. The maximum absolute atomic E-state index is 12.7. The van der Waals surface area contributed by atoms with Crippen molar-refractivity contribution in [2.24, 2.45) is 5.92 Å². The lowest BCUT2D eigenvalue weighted by Gasteiger charge is -2.26. The van der Waals surface area contributed by atoms with Gasteiger partial charge in [0.05, 0.1) is 5.56 Å². The Kier molecular flexibility index (Phi) is 3.05. The molecule has 0 bridgehead atoms. The van der Waals surface area contributed by atoms with Crippen LogP contribution in [0.15, 0.2) is 30.5 Å². The number of hydrogen-bond donors (Lipinski definition) is 1. The fraction of sp³-hybridized carbons (Fsp3) is 0.438. The molecule has 0 atom stereocenters. The minimum Gasteiger partial charge on any atom is -0.360 e. The third-order valence-corrected chi connectivity index (χ3v) is 3.86. The number of nitrogens with one attached hydrogen (secondary N) is 1. The molecule has 2 aromatic rings. The summed E-state index contributed by atoms with van der Waals surface area (Å²) in [7, 11) is 0. The Labute approximate surface area is 113 Å². The van der Waals surface area contributed by atoms with E-state index in [0.29, 0.717) is 0 Å². The first kappa shape index (κ1) is 12.3. The number of H-pyrrole nitrogens is 1. The second-order valence-electron chi connectivity index (χ2n) is 5.74. The molecule has 1 heterocycles. The molecule has 1 aromatic carbocycles. The first-order valence-corrected chi connectivity index (χ1v) is 7.04. The second-order valence-corrected chi connectivity index (χ2v) is 5.74. The summed E-state index contributed by atoms with van der Waals surface area (Å²) < 4.78 is 0. The van der Waals surface area contributed by atoms with Crippen LogP contribution in [0.1, 0.15) is 37.0 Å². The molecule has 1 aromatic heterocycles. The van der Waals surface area contributed by atoms with Gasteiger partial charge >= 0.3 is 0 Å². The van der Waals surface area contributed by atoms with Crippen molar-refractivity contribution in [1.82, 2.24) is 9.88 Å². The average molecular weight is 256 g/mol. The molecule has 1 fully saturated rings. The first-order chi connectivity index (χ1) is 9.16. The number of rotatable bonds is 4. The van der Waals surface area contributed by atoms with Gasteiger partial charge in [0.15, 0.2) is 0 Å². The van der Waals surface area contributed by atoms with Gasteiger partial charge in [-0.25, -0.2) is 0 Å². The first-order valence-electron chi connectivity index (χ1n) is 7.04. The Bertz CT molecular complexity index is 596. The van der Waals surface area contributed by atoms with E-state index in [2.05, 4.69) is 18.8 Å². The molecule has 0 aliphatic heterocycles. The summed E-state index contributed by atoms with van der Waals surface area (Å²) >= 11 is 0. The summed E-state index contributed by atoms with van der Waals surface area (Å²) in [5.41, 5.74) is 1.82. The van der Waals surface area contributed by atoms with Gasteiger partial charge < -0.3 is 9.88 Å². The number of aromatic nitrogens is 1. The highest BCUT2D eigenvalue weighted by molar-refractivity contribution is 6.06. The Morgan fingerprint density at radius 2 is 2.11 bits per heavy atom. The van der Waals surface area contributed by atoms with Crippen molar-refractivity contribution < 1.29 is 4.79 Å². The van der Waals surface area contributed by atoms with Gasteiger partial charge in [-0.3, -0.25) is 4.79 Å². The average Bonchev–Trinajstić information content (AvgIpc) is 3.12. The highest BCUT2D eigenvalue weighted by atomic mass is 16.2. The van der Waals surface area contributed by atoms with Gasteiger partial charge in [0.1, 0.15) is 0 Å². The molecule has 0 unspecified atom stereocenters. The third-order valence-electron chi connectivity index (χ3n) is 3.86. The van der Waals surface area contributed by atoms with Gasteiger partial charge in [0.2, 0.25) is 0 Å². The van der Waals surface area contributed by atoms with E-state index in [1.165, 1.54) is 12.8 Å². The Balaban J connectivity index is 1.92. The smallest absolute Gasteiger partial charge is 0.256 e. The number of nitrogens with zero attached hydrogens (tertiary/aromatic N) is 1. The van der Waals surface area contributed by atoms with Crippen molar-refractivity contribution in [1.29, 1.82) is 0 Å². The van der Waals surface area contributed by atoms with Gasteiger partial charge in [-0.1, -0.05) is 18.2 Å². The predicted octanol–water partition coefficient (Wildman–Crippen LogP) is 3.43. The quantitative estimate of drug-likeness (QED) is 0.894. The van der Waals surface area contributed by atoms with Gasteiger partial charge in [-0.05, 0) is 38.7 Å². The molecule has 1 aliphatic rings. The maximum atomic E-state index is 12.7. The molecule has 1 aliphatic carbocycles. The van der Waals surface area contributed by atoms with Gasteiger partial charge in [-0.15, -0.1) is 0 Å². The monoisotopic (exact) mass is 256 g/mol. The van der Waals surface area contributed by atoms with E-state index >= 15 is 0 Å². The van der Waals surface area contributed by atoms with Crippen LogP contribution < -0.4 is 0 Å². The van der Waals surface area contributed by atoms with Crippen LogP contribution in [0.4, 0.5) is 0 Å². The van der Waals surface area contributed by atoms with Gasteiger partial charge in [0.25, 0.3) is 5.91 Å². The summed E-state index contributed by atoms with van der Waals surface area (Å²) in [6, 6.07) is 8.23. The highest BCUT2D eigenvalue weighted by Gasteiger charge is 2.29. The van der Waals surface area contributed by atoms with Gasteiger partial charge in [-0.2, -0.15) is 0 Å².